The lowest BCUT2D eigenvalue weighted by atomic mass is 10.1. The number of hydrogen-bond acceptors (Lipinski definition) is 7. The Hall–Kier alpha value is -4.44. The Morgan fingerprint density at radius 1 is 0.879 bits per heavy atom. The van der Waals surface area contributed by atoms with E-state index in [-0.39, 0.29) is 23.8 Å². The van der Waals surface area contributed by atoms with Crippen LogP contribution in [-0.2, 0) is 11.3 Å². The van der Waals surface area contributed by atoms with Crippen LogP contribution < -0.4 is 0 Å². The van der Waals surface area contributed by atoms with Crippen LogP contribution in [0.1, 0.15) is 22.9 Å². The number of benzene rings is 3. The second-order valence-electron chi connectivity index (χ2n) is 7.44. The van der Waals surface area contributed by atoms with E-state index in [0.29, 0.717) is 17.7 Å². The predicted octanol–water partition coefficient (Wildman–Crippen LogP) is 3.88. The van der Waals surface area contributed by atoms with Crippen molar-refractivity contribution in [2.45, 2.75) is 12.7 Å². The topological polar surface area (TPSA) is 122 Å². The molecule has 10 nitrogen and oxygen atoms in total. The van der Waals surface area contributed by atoms with Crippen molar-refractivity contribution >= 4 is 23.5 Å². The van der Waals surface area contributed by atoms with Crippen molar-refractivity contribution in [1.29, 1.82) is 0 Å². The minimum Gasteiger partial charge on any atom is -0.271 e. The molecule has 0 aliphatic carbocycles. The Bertz CT molecular complexity index is 1200. The molecule has 0 radical (unpaired) electrons. The first-order valence-electron chi connectivity index (χ1n) is 10.1. The van der Waals surface area contributed by atoms with E-state index in [4.69, 9.17) is 0 Å². The lowest BCUT2D eigenvalue weighted by Gasteiger charge is -2.27. The summed E-state index contributed by atoms with van der Waals surface area (Å²) in [7, 11) is 0. The van der Waals surface area contributed by atoms with Crippen LogP contribution in [0.25, 0.3) is 0 Å². The average molecular weight is 445 g/mol. The number of rotatable bonds is 7. The molecule has 0 N–H and O–H groups in total. The van der Waals surface area contributed by atoms with Crippen molar-refractivity contribution in [1.82, 2.24) is 9.91 Å². The number of non-ortho nitro benzene ring substituents is 2. The van der Waals surface area contributed by atoms with Gasteiger partial charge in [-0.3, -0.25) is 29.9 Å². The molecule has 1 aliphatic rings. The molecule has 0 bridgehead atoms. The molecule has 1 aliphatic heterocycles. The van der Waals surface area contributed by atoms with E-state index in [9.17, 15) is 25.0 Å². The summed E-state index contributed by atoms with van der Waals surface area (Å²) in [6.07, 6.45) is 0.902. The highest BCUT2D eigenvalue weighted by Crippen LogP contribution is 2.33. The molecule has 3 aromatic rings. The lowest BCUT2D eigenvalue weighted by molar-refractivity contribution is -0.385. The fourth-order valence-corrected chi connectivity index (χ4v) is 3.64. The first-order chi connectivity index (χ1) is 15.9. The number of nitro groups is 2. The minimum absolute atomic E-state index is 0.0396. The van der Waals surface area contributed by atoms with E-state index < -0.39 is 16.0 Å². The normalized spacial score (nSPS) is 16.4. The maximum Gasteiger partial charge on any atom is 0.269 e. The molecule has 33 heavy (non-hydrogen) atoms. The summed E-state index contributed by atoms with van der Waals surface area (Å²) < 4.78 is 0. The second kappa shape index (κ2) is 9.37. The molecule has 1 saturated heterocycles. The monoisotopic (exact) mass is 445 g/mol. The van der Waals surface area contributed by atoms with Crippen molar-refractivity contribution < 1.29 is 14.6 Å². The Morgan fingerprint density at radius 2 is 1.45 bits per heavy atom. The van der Waals surface area contributed by atoms with E-state index in [1.165, 1.54) is 35.5 Å². The second-order valence-corrected chi connectivity index (χ2v) is 7.44. The highest BCUT2D eigenvalue weighted by Gasteiger charge is 2.39. The maximum atomic E-state index is 12.9. The largest absolute Gasteiger partial charge is 0.271 e. The van der Waals surface area contributed by atoms with E-state index in [1.54, 1.807) is 24.3 Å². The number of carbonyl (C=O) groups is 1. The van der Waals surface area contributed by atoms with Gasteiger partial charge in [-0.2, -0.15) is 5.10 Å². The molecule has 0 unspecified atom stereocenters. The van der Waals surface area contributed by atoms with E-state index in [0.717, 1.165) is 5.56 Å². The lowest BCUT2D eigenvalue weighted by Crippen LogP contribution is -2.28. The third-order valence-corrected chi connectivity index (χ3v) is 5.24. The van der Waals surface area contributed by atoms with Crippen LogP contribution in [0.3, 0.4) is 0 Å². The molecular formula is C23H19N5O5. The smallest absolute Gasteiger partial charge is 0.269 e. The van der Waals surface area contributed by atoms with Gasteiger partial charge in [0, 0.05) is 30.8 Å². The van der Waals surface area contributed by atoms with E-state index in [1.807, 2.05) is 35.2 Å². The zero-order valence-electron chi connectivity index (χ0n) is 17.4. The number of nitro benzene ring substituents is 2. The Kier molecular flexibility index (Phi) is 6.18. The summed E-state index contributed by atoms with van der Waals surface area (Å²) in [4.78, 5) is 35.7. The fraction of sp³-hybridized carbons (Fsp3) is 0.130. The summed E-state index contributed by atoms with van der Waals surface area (Å²) in [6, 6.07) is 21.5. The molecule has 166 valence electrons. The zero-order chi connectivity index (χ0) is 23.4. The van der Waals surface area contributed by atoms with Crippen LogP contribution in [0, 0.1) is 20.2 Å². The van der Waals surface area contributed by atoms with Crippen molar-refractivity contribution in [2.24, 2.45) is 5.10 Å². The van der Waals surface area contributed by atoms with Crippen LogP contribution in [0.4, 0.5) is 11.4 Å². The SMILES string of the molecule is O=C1CN(Cc2ccccc2)[C@@H](c2ccc([N+](=O)[O-])cc2)N1/N=C\c1ccc([N+](=O)[O-])cc1. The number of hydrazone groups is 1. The van der Waals surface area contributed by atoms with Gasteiger partial charge in [-0.05, 0) is 41.0 Å². The van der Waals surface area contributed by atoms with Crippen LogP contribution in [0.2, 0.25) is 0 Å². The summed E-state index contributed by atoms with van der Waals surface area (Å²) in [5.74, 6) is -0.229. The summed E-state index contributed by atoms with van der Waals surface area (Å²) in [5.41, 5.74) is 2.21. The molecule has 1 heterocycles. The van der Waals surface area contributed by atoms with Gasteiger partial charge in [-0.1, -0.05) is 30.3 Å². The van der Waals surface area contributed by atoms with Gasteiger partial charge in [0.1, 0.15) is 6.17 Å². The Morgan fingerprint density at radius 3 is 2.03 bits per heavy atom. The van der Waals surface area contributed by atoms with Gasteiger partial charge < -0.3 is 0 Å². The van der Waals surface area contributed by atoms with E-state index in [2.05, 4.69) is 5.10 Å². The van der Waals surface area contributed by atoms with Gasteiger partial charge in [0.15, 0.2) is 0 Å². The maximum absolute atomic E-state index is 12.9. The van der Waals surface area contributed by atoms with Crippen molar-refractivity contribution in [3.8, 4) is 0 Å². The highest BCUT2D eigenvalue weighted by atomic mass is 16.6. The summed E-state index contributed by atoms with van der Waals surface area (Å²) in [5, 5.41) is 27.6. The molecule has 0 aromatic heterocycles. The van der Waals surface area contributed by atoms with Crippen molar-refractivity contribution in [3.63, 3.8) is 0 Å². The molecule has 1 amide bonds. The molecule has 0 saturated carbocycles. The van der Waals surface area contributed by atoms with Gasteiger partial charge in [0.05, 0.1) is 22.6 Å². The number of hydrogen-bond donors (Lipinski definition) is 0. The number of nitrogens with zero attached hydrogens (tertiary/aromatic N) is 5. The van der Waals surface area contributed by atoms with Crippen LogP contribution in [-0.4, -0.2) is 38.4 Å². The summed E-state index contributed by atoms with van der Waals surface area (Å²) >= 11 is 0. The third kappa shape index (κ3) is 4.91. The standard InChI is InChI=1S/C23H19N5O5/c29-22-16-25(15-18-4-2-1-3-5-18)23(19-8-12-21(13-9-19)28(32)33)26(22)24-14-17-6-10-20(11-7-17)27(30)31/h1-14,23H,15-16H2/b24-14-/t23-/m1/s1. The van der Waals surface area contributed by atoms with Gasteiger partial charge in [-0.25, -0.2) is 5.01 Å². The molecule has 1 atom stereocenters. The Balaban J connectivity index is 1.64. The van der Waals surface area contributed by atoms with Crippen molar-refractivity contribution in [3.05, 3.63) is 116 Å². The number of carbonyl (C=O) groups excluding carboxylic acids is 1. The first kappa shape index (κ1) is 21.8. The van der Waals surface area contributed by atoms with Gasteiger partial charge in [0.25, 0.3) is 17.3 Å². The van der Waals surface area contributed by atoms with Crippen molar-refractivity contribution in [2.75, 3.05) is 6.54 Å². The zero-order valence-corrected chi connectivity index (χ0v) is 17.4. The number of amides is 1. The molecule has 3 aromatic carbocycles. The minimum atomic E-state index is -0.562. The molecule has 0 spiro atoms. The van der Waals surface area contributed by atoms with Crippen LogP contribution in [0.15, 0.2) is 84.0 Å². The van der Waals surface area contributed by atoms with Gasteiger partial charge in [0.2, 0.25) is 0 Å². The Labute approximate surface area is 188 Å². The quantitative estimate of drug-likeness (QED) is 0.309. The first-order valence-corrected chi connectivity index (χ1v) is 10.1. The van der Waals surface area contributed by atoms with Gasteiger partial charge in [-0.15, -0.1) is 0 Å². The molecular weight excluding hydrogens is 426 g/mol. The summed E-state index contributed by atoms with van der Waals surface area (Å²) in [6.45, 7) is 0.603. The molecule has 10 heteroatoms. The predicted molar refractivity (Wildman–Crippen MR) is 120 cm³/mol. The molecule has 4 rings (SSSR count). The van der Waals surface area contributed by atoms with Crippen LogP contribution in [0.5, 0.6) is 0 Å². The molecule has 1 fully saturated rings. The average Bonchev–Trinajstić information content (AvgIpc) is 3.13. The van der Waals surface area contributed by atoms with Gasteiger partial charge >= 0.3 is 0 Å². The van der Waals surface area contributed by atoms with Crippen LogP contribution >= 0.6 is 0 Å². The third-order valence-electron chi connectivity index (χ3n) is 5.24. The van der Waals surface area contributed by atoms with E-state index >= 15 is 0 Å². The fourth-order valence-electron chi connectivity index (χ4n) is 3.64. The highest BCUT2D eigenvalue weighted by molar-refractivity contribution is 5.85.